The highest BCUT2D eigenvalue weighted by molar-refractivity contribution is 6.05. The fourth-order valence-electron chi connectivity index (χ4n) is 4.11. The lowest BCUT2D eigenvalue weighted by Gasteiger charge is -2.36. The summed E-state index contributed by atoms with van der Waals surface area (Å²) < 4.78 is 48.3. The molecule has 174 valence electrons. The van der Waals surface area contributed by atoms with Crippen LogP contribution >= 0.6 is 0 Å². The van der Waals surface area contributed by atoms with Crippen LogP contribution in [0.3, 0.4) is 0 Å². The van der Waals surface area contributed by atoms with Gasteiger partial charge in [-0.05, 0) is 56.7 Å². The number of halogens is 3. The average molecular weight is 458 g/mol. The van der Waals surface area contributed by atoms with Crippen LogP contribution in [0.4, 0.5) is 24.5 Å². The van der Waals surface area contributed by atoms with E-state index in [1.54, 1.807) is 37.3 Å². The summed E-state index contributed by atoms with van der Waals surface area (Å²) in [5.74, 6) is -0.872. The first-order chi connectivity index (χ1) is 15.6. The molecule has 1 aliphatic heterocycles. The van der Waals surface area contributed by atoms with Crippen molar-refractivity contribution in [2.45, 2.75) is 39.2 Å². The summed E-state index contributed by atoms with van der Waals surface area (Å²) in [6.07, 6.45) is -3.62. The van der Waals surface area contributed by atoms with Crippen LogP contribution in [0.1, 0.15) is 35.5 Å². The van der Waals surface area contributed by atoms with Gasteiger partial charge in [0.2, 0.25) is 0 Å². The van der Waals surface area contributed by atoms with E-state index in [1.807, 2.05) is 26.0 Å². The van der Waals surface area contributed by atoms with E-state index >= 15 is 0 Å². The summed E-state index contributed by atoms with van der Waals surface area (Å²) in [6.45, 7) is 7.18. The third-order valence-electron chi connectivity index (χ3n) is 5.54. The van der Waals surface area contributed by atoms with Gasteiger partial charge >= 0.3 is 6.18 Å². The zero-order valence-corrected chi connectivity index (χ0v) is 18.6. The summed E-state index contributed by atoms with van der Waals surface area (Å²) in [6, 6.07) is 13.6. The van der Waals surface area contributed by atoms with Crippen LogP contribution < -0.4 is 10.2 Å². The van der Waals surface area contributed by atoms with Gasteiger partial charge in [0.05, 0.1) is 29.7 Å². The van der Waals surface area contributed by atoms with Crippen molar-refractivity contribution in [3.63, 3.8) is 0 Å². The van der Waals surface area contributed by atoms with Crippen LogP contribution in [-0.4, -0.2) is 41.0 Å². The minimum absolute atomic E-state index is 0.0960. The van der Waals surface area contributed by atoms with Crippen molar-refractivity contribution >= 4 is 17.3 Å². The second-order valence-electron chi connectivity index (χ2n) is 8.27. The Hall–Kier alpha value is -3.33. The molecular formula is C24H25F3N4O2. The SMILES string of the molecule is Cc1ccccc1-n1ncc(C(=O)Nc2ccc(N3CC(C)OC(C)C3)cc2)c1C(F)(F)F. The number of rotatable bonds is 4. The van der Waals surface area contributed by atoms with Crippen molar-refractivity contribution in [2.75, 3.05) is 23.3 Å². The number of benzene rings is 2. The maximum Gasteiger partial charge on any atom is 0.434 e. The van der Waals surface area contributed by atoms with Crippen molar-refractivity contribution in [1.29, 1.82) is 0 Å². The summed E-state index contributed by atoms with van der Waals surface area (Å²) in [7, 11) is 0. The average Bonchev–Trinajstić information content (AvgIpc) is 3.20. The zero-order chi connectivity index (χ0) is 23.8. The smallest absolute Gasteiger partial charge is 0.372 e. The van der Waals surface area contributed by atoms with E-state index in [1.165, 1.54) is 6.07 Å². The molecule has 6 nitrogen and oxygen atoms in total. The maximum absolute atomic E-state index is 13.9. The Kier molecular flexibility index (Phi) is 6.16. The third kappa shape index (κ3) is 4.88. The predicted octanol–water partition coefficient (Wildman–Crippen LogP) is 5.07. The van der Waals surface area contributed by atoms with E-state index in [-0.39, 0.29) is 17.9 Å². The third-order valence-corrected chi connectivity index (χ3v) is 5.54. The molecule has 0 bridgehead atoms. The van der Waals surface area contributed by atoms with Crippen molar-refractivity contribution in [3.8, 4) is 5.69 Å². The highest BCUT2D eigenvalue weighted by Gasteiger charge is 2.40. The lowest BCUT2D eigenvalue weighted by molar-refractivity contribution is -0.143. The number of carbonyl (C=O) groups excluding carboxylic acids is 1. The van der Waals surface area contributed by atoms with Crippen LogP contribution in [0.15, 0.2) is 54.7 Å². The minimum atomic E-state index is -4.76. The molecule has 1 fully saturated rings. The number of ether oxygens (including phenoxy) is 1. The molecule has 2 aromatic carbocycles. The second kappa shape index (κ2) is 8.90. The summed E-state index contributed by atoms with van der Waals surface area (Å²) in [4.78, 5) is 15.0. The van der Waals surface area contributed by atoms with Crippen LogP contribution in [-0.2, 0) is 10.9 Å². The van der Waals surface area contributed by atoms with Gasteiger partial charge < -0.3 is 15.0 Å². The molecule has 1 saturated heterocycles. The van der Waals surface area contributed by atoms with Gasteiger partial charge in [0, 0.05) is 24.5 Å². The normalized spacial score (nSPS) is 18.9. The largest absolute Gasteiger partial charge is 0.434 e. The number of alkyl halides is 3. The van der Waals surface area contributed by atoms with Gasteiger partial charge in [-0.2, -0.15) is 18.3 Å². The first-order valence-electron chi connectivity index (χ1n) is 10.7. The molecule has 9 heteroatoms. The molecule has 3 aromatic rings. The highest BCUT2D eigenvalue weighted by atomic mass is 19.4. The van der Waals surface area contributed by atoms with E-state index in [0.717, 1.165) is 29.7 Å². The fourth-order valence-corrected chi connectivity index (χ4v) is 4.11. The molecule has 2 atom stereocenters. The number of aromatic nitrogens is 2. The first kappa shape index (κ1) is 22.8. The number of para-hydroxylation sites is 1. The van der Waals surface area contributed by atoms with Gasteiger partial charge in [-0.1, -0.05) is 18.2 Å². The van der Waals surface area contributed by atoms with Gasteiger partial charge in [-0.25, -0.2) is 4.68 Å². The molecule has 33 heavy (non-hydrogen) atoms. The standard InChI is InChI=1S/C24H25F3N4O2/c1-15-6-4-5-7-21(15)31-22(24(25,26)27)20(12-28-31)23(32)29-18-8-10-19(11-9-18)30-13-16(2)33-17(3)14-30/h4-12,16-17H,13-14H2,1-3H3,(H,29,32). The number of hydrogen-bond donors (Lipinski definition) is 1. The number of amides is 1. The quantitative estimate of drug-likeness (QED) is 0.594. The molecule has 1 aliphatic rings. The van der Waals surface area contributed by atoms with Crippen molar-refractivity contribution in [1.82, 2.24) is 9.78 Å². The lowest BCUT2D eigenvalue weighted by atomic mass is 10.1. The van der Waals surface area contributed by atoms with Crippen LogP contribution in [0.5, 0.6) is 0 Å². The molecule has 1 aromatic heterocycles. The molecule has 0 saturated carbocycles. The van der Waals surface area contributed by atoms with Crippen molar-refractivity contribution in [3.05, 3.63) is 71.5 Å². The predicted molar refractivity (Wildman–Crippen MR) is 120 cm³/mol. The minimum Gasteiger partial charge on any atom is -0.372 e. The number of carbonyl (C=O) groups is 1. The number of aryl methyl sites for hydroxylation is 1. The first-order valence-corrected chi connectivity index (χ1v) is 10.7. The summed E-state index contributed by atoms with van der Waals surface area (Å²) >= 11 is 0. The van der Waals surface area contributed by atoms with E-state index < -0.39 is 23.3 Å². The Morgan fingerprint density at radius 1 is 1.06 bits per heavy atom. The van der Waals surface area contributed by atoms with Crippen LogP contribution in [0.2, 0.25) is 0 Å². The van der Waals surface area contributed by atoms with Gasteiger partial charge in [0.1, 0.15) is 0 Å². The van der Waals surface area contributed by atoms with Gasteiger partial charge in [-0.15, -0.1) is 0 Å². The molecule has 0 spiro atoms. The lowest BCUT2D eigenvalue weighted by Crippen LogP contribution is -2.45. The van der Waals surface area contributed by atoms with E-state index in [9.17, 15) is 18.0 Å². The van der Waals surface area contributed by atoms with Crippen molar-refractivity contribution in [2.24, 2.45) is 0 Å². The molecule has 0 aliphatic carbocycles. The van der Waals surface area contributed by atoms with Gasteiger partial charge in [0.15, 0.2) is 5.69 Å². The summed E-state index contributed by atoms with van der Waals surface area (Å²) in [5, 5.41) is 6.45. The van der Waals surface area contributed by atoms with Crippen LogP contribution in [0.25, 0.3) is 5.69 Å². The molecule has 4 rings (SSSR count). The molecule has 2 unspecified atom stereocenters. The molecule has 0 radical (unpaired) electrons. The Bertz CT molecular complexity index is 1130. The number of morpholine rings is 1. The maximum atomic E-state index is 13.9. The van der Waals surface area contributed by atoms with Crippen LogP contribution in [0, 0.1) is 6.92 Å². The Balaban J connectivity index is 1.57. The highest BCUT2D eigenvalue weighted by Crippen LogP contribution is 2.34. The summed E-state index contributed by atoms with van der Waals surface area (Å²) in [5.41, 5.74) is 0.587. The monoisotopic (exact) mass is 458 g/mol. The Morgan fingerprint density at radius 3 is 2.30 bits per heavy atom. The number of nitrogens with one attached hydrogen (secondary N) is 1. The number of anilines is 2. The Labute approximate surface area is 190 Å². The van der Waals surface area contributed by atoms with E-state index in [4.69, 9.17) is 4.74 Å². The van der Waals surface area contributed by atoms with E-state index in [2.05, 4.69) is 15.3 Å². The molecule has 2 heterocycles. The molecular weight excluding hydrogens is 433 g/mol. The number of hydrogen-bond acceptors (Lipinski definition) is 4. The van der Waals surface area contributed by atoms with E-state index in [0.29, 0.717) is 11.3 Å². The Morgan fingerprint density at radius 2 is 1.70 bits per heavy atom. The van der Waals surface area contributed by atoms with Gasteiger partial charge in [0.25, 0.3) is 5.91 Å². The second-order valence-corrected chi connectivity index (χ2v) is 8.27. The topological polar surface area (TPSA) is 59.4 Å². The molecule has 1 amide bonds. The van der Waals surface area contributed by atoms with Gasteiger partial charge in [-0.3, -0.25) is 4.79 Å². The number of nitrogens with zero attached hydrogens (tertiary/aromatic N) is 3. The molecule has 1 N–H and O–H groups in total. The fraction of sp³-hybridized carbons (Fsp3) is 0.333. The van der Waals surface area contributed by atoms with Crippen molar-refractivity contribution < 1.29 is 22.7 Å². The zero-order valence-electron chi connectivity index (χ0n) is 18.6.